The molecule has 3 rings (SSSR count). The molecule has 0 radical (unpaired) electrons. The Kier molecular flexibility index (Phi) is 4.13. The smallest absolute Gasteiger partial charge is 0.0945 e. The predicted molar refractivity (Wildman–Crippen MR) is 81.6 cm³/mol. The van der Waals surface area contributed by atoms with Crippen molar-refractivity contribution in [2.75, 3.05) is 19.6 Å². The van der Waals surface area contributed by atoms with Crippen LogP contribution in [-0.4, -0.2) is 45.7 Å². The fourth-order valence-corrected chi connectivity index (χ4v) is 3.37. The SMILES string of the molecule is CCC1(C)CNC(C2CC2)CN1CCCn1ccnc1. The summed E-state index contributed by atoms with van der Waals surface area (Å²) in [5, 5.41) is 3.80. The van der Waals surface area contributed by atoms with Crippen LogP contribution in [0.1, 0.15) is 39.5 Å². The van der Waals surface area contributed by atoms with Gasteiger partial charge in [0.2, 0.25) is 0 Å². The highest BCUT2D eigenvalue weighted by atomic mass is 15.3. The van der Waals surface area contributed by atoms with Gasteiger partial charge in [0.05, 0.1) is 6.33 Å². The lowest BCUT2D eigenvalue weighted by Crippen LogP contribution is -2.63. The van der Waals surface area contributed by atoms with Crippen LogP contribution in [0.3, 0.4) is 0 Å². The van der Waals surface area contributed by atoms with Crippen LogP contribution in [-0.2, 0) is 6.54 Å². The first-order valence-corrected chi connectivity index (χ1v) is 8.15. The van der Waals surface area contributed by atoms with E-state index in [4.69, 9.17) is 0 Å². The summed E-state index contributed by atoms with van der Waals surface area (Å²) in [7, 11) is 0. The van der Waals surface area contributed by atoms with E-state index in [1.165, 1.54) is 38.8 Å². The molecule has 1 saturated heterocycles. The molecule has 0 aromatic carbocycles. The number of aryl methyl sites for hydroxylation is 1. The van der Waals surface area contributed by atoms with Crippen molar-refractivity contribution in [3.63, 3.8) is 0 Å². The molecule has 2 aliphatic rings. The predicted octanol–water partition coefficient (Wildman–Crippen LogP) is 2.13. The molecule has 2 heterocycles. The monoisotopic (exact) mass is 276 g/mol. The first kappa shape index (κ1) is 14.1. The third kappa shape index (κ3) is 3.07. The van der Waals surface area contributed by atoms with E-state index in [-0.39, 0.29) is 0 Å². The molecule has 2 fully saturated rings. The van der Waals surface area contributed by atoms with Crippen LogP contribution >= 0.6 is 0 Å². The van der Waals surface area contributed by atoms with Crippen molar-refractivity contribution in [1.29, 1.82) is 0 Å². The first-order chi connectivity index (χ1) is 9.71. The van der Waals surface area contributed by atoms with Crippen molar-refractivity contribution in [3.05, 3.63) is 18.7 Å². The number of nitrogens with one attached hydrogen (secondary N) is 1. The third-order valence-electron chi connectivity index (χ3n) is 5.28. The Morgan fingerprint density at radius 3 is 2.85 bits per heavy atom. The van der Waals surface area contributed by atoms with Gasteiger partial charge in [0.1, 0.15) is 0 Å². The van der Waals surface area contributed by atoms with Crippen LogP contribution < -0.4 is 5.32 Å². The maximum absolute atomic E-state index is 4.12. The molecule has 4 nitrogen and oxygen atoms in total. The van der Waals surface area contributed by atoms with E-state index in [1.54, 1.807) is 0 Å². The second kappa shape index (κ2) is 5.86. The Hall–Kier alpha value is -0.870. The van der Waals surface area contributed by atoms with Crippen molar-refractivity contribution in [3.8, 4) is 0 Å². The zero-order valence-electron chi connectivity index (χ0n) is 12.9. The Balaban J connectivity index is 1.54. The molecule has 1 aliphatic heterocycles. The number of hydrogen-bond acceptors (Lipinski definition) is 3. The molecule has 112 valence electrons. The highest BCUT2D eigenvalue weighted by Gasteiger charge is 2.41. The quantitative estimate of drug-likeness (QED) is 0.864. The average molecular weight is 276 g/mol. The lowest BCUT2D eigenvalue weighted by atomic mass is 9.91. The highest BCUT2D eigenvalue weighted by Crippen LogP contribution is 2.36. The van der Waals surface area contributed by atoms with Gasteiger partial charge >= 0.3 is 0 Å². The Bertz CT molecular complexity index is 412. The first-order valence-electron chi connectivity index (χ1n) is 8.15. The van der Waals surface area contributed by atoms with Gasteiger partial charge in [-0.3, -0.25) is 4.90 Å². The molecule has 1 aliphatic carbocycles. The summed E-state index contributed by atoms with van der Waals surface area (Å²) in [5.41, 5.74) is 0.334. The molecule has 0 spiro atoms. The zero-order valence-corrected chi connectivity index (χ0v) is 12.9. The van der Waals surface area contributed by atoms with Crippen LogP contribution in [0.15, 0.2) is 18.7 Å². The van der Waals surface area contributed by atoms with E-state index in [0.717, 1.165) is 25.0 Å². The minimum Gasteiger partial charge on any atom is -0.337 e. The summed E-state index contributed by atoms with van der Waals surface area (Å²) in [5.74, 6) is 0.951. The summed E-state index contributed by atoms with van der Waals surface area (Å²) in [6, 6.07) is 0.739. The number of rotatable bonds is 6. The van der Waals surface area contributed by atoms with Crippen molar-refractivity contribution in [1.82, 2.24) is 19.8 Å². The van der Waals surface area contributed by atoms with Crippen molar-refractivity contribution in [2.45, 2.75) is 57.7 Å². The summed E-state index contributed by atoms with van der Waals surface area (Å²) in [4.78, 5) is 6.85. The van der Waals surface area contributed by atoms with Gasteiger partial charge in [0, 0.05) is 50.2 Å². The van der Waals surface area contributed by atoms with Crippen molar-refractivity contribution >= 4 is 0 Å². The number of imidazole rings is 1. The second-order valence-corrected chi connectivity index (χ2v) is 6.78. The minimum atomic E-state index is 0.334. The molecule has 2 unspecified atom stereocenters. The van der Waals surface area contributed by atoms with E-state index in [0.29, 0.717) is 5.54 Å². The van der Waals surface area contributed by atoms with E-state index >= 15 is 0 Å². The Labute approximate surface area is 122 Å². The molecule has 2 atom stereocenters. The fourth-order valence-electron chi connectivity index (χ4n) is 3.37. The molecule has 4 heteroatoms. The lowest BCUT2D eigenvalue weighted by molar-refractivity contribution is 0.0422. The molecular formula is C16H28N4. The molecule has 0 bridgehead atoms. The maximum atomic E-state index is 4.12. The Morgan fingerprint density at radius 2 is 2.20 bits per heavy atom. The Morgan fingerprint density at radius 1 is 1.35 bits per heavy atom. The van der Waals surface area contributed by atoms with E-state index in [9.17, 15) is 0 Å². The zero-order chi connectivity index (χ0) is 14.0. The number of hydrogen-bond donors (Lipinski definition) is 1. The van der Waals surface area contributed by atoms with Gasteiger partial charge in [-0.1, -0.05) is 6.92 Å². The standard InChI is InChI=1S/C16H28N4/c1-3-16(2)12-18-15(14-5-6-14)11-20(16)9-4-8-19-10-7-17-13-19/h7,10,13-15,18H,3-6,8-9,11-12H2,1-2H3. The maximum Gasteiger partial charge on any atom is 0.0945 e. The molecule has 1 saturated carbocycles. The van der Waals surface area contributed by atoms with Crippen molar-refractivity contribution < 1.29 is 0 Å². The van der Waals surface area contributed by atoms with Crippen LogP contribution in [0.4, 0.5) is 0 Å². The summed E-state index contributed by atoms with van der Waals surface area (Å²) >= 11 is 0. The van der Waals surface area contributed by atoms with Gasteiger partial charge in [-0.2, -0.15) is 0 Å². The van der Waals surface area contributed by atoms with E-state index < -0.39 is 0 Å². The minimum absolute atomic E-state index is 0.334. The molecule has 1 aromatic heterocycles. The van der Waals surface area contributed by atoms with E-state index in [2.05, 4.69) is 39.8 Å². The normalized spacial score (nSPS) is 31.6. The van der Waals surface area contributed by atoms with Gasteiger partial charge in [-0.15, -0.1) is 0 Å². The summed E-state index contributed by atoms with van der Waals surface area (Å²) in [6.07, 6.45) is 11.1. The second-order valence-electron chi connectivity index (χ2n) is 6.78. The lowest BCUT2D eigenvalue weighted by Gasteiger charge is -2.48. The van der Waals surface area contributed by atoms with Gasteiger partial charge in [-0.25, -0.2) is 4.98 Å². The van der Waals surface area contributed by atoms with Gasteiger partial charge < -0.3 is 9.88 Å². The average Bonchev–Trinajstić information content (AvgIpc) is 3.18. The molecule has 20 heavy (non-hydrogen) atoms. The van der Waals surface area contributed by atoms with Crippen LogP contribution in [0.25, 0.3) is 0 Å². The van der Waals surface area contributed by atoms with Gasteiger partial charge in [0.25, 0.3) is 0 Å². The molecule has 0 amide bonds. The molecule has 1 N–H and O–H groups in total. The van der Waals surface area contributed by atoms with Crippen LogP contribution in [0, 0.1) is 5.92 Å². The third-order valence-corrected chi connectivity index (χ3v) is 5.28. The summed E-state index contributed by atoms with van der Waals surface area (Å²) in [6.45, 7) is 9.41. The van der Waals surface area contributed by atoms with Crippen molar-refractivity contribution in [2.24, 2.45) is 5.92 Å². The topological polar surface area (TPSA) is 33.1 Å². The van der Waals surface area contributed by atoms with Gasteiger partial charge in [0.15, 0.2) is 0 Å². The molecule has 1 aromatic rings. The van der Waals surface area contributed by atoms with Crippen LogP contribution in [0.2, 0.25) is 0 Å². The fraction of sp³-hybridized carbons (Fsp3) is 0.812. The van der Waals surface area contributed by atoms with E-state index in [1.807, 2.05) is 12.5 Å². The largest absolute Gasteiger partial charge is 0.337 e. The number of piperazine rings is 1. The summed E-state index contributed by atoms with van der Waals surface area (Å²) < 4.78 is 2.18. The number of nitrogens with zero attached hydrogens (tertiary/aromatic N) is 3. The van der Waals surface area contributed by atoms with Crippen LogP contribution in [0.5, 0.6) is 0 Å². The number of aromatic nitrogens is 2. The highest BCUT2D eigenvalue weighted by molar-refractivity contribution is 4.99. The molecular weight excluding hydrogens is 248 g/mol. The van der Waals surface area contributed by atoms with Gasteiger partial charge in [-0.05, 0) is 38.5 Å².